The lowest BCUT2D eigenvalue weighted by Gasteiger charge is -2.42. The number of hydrogen-bond donors (Lipinski definition) is 1. The van der Waals surface area contributed by atoms with Crippen LogP contribution in [0.3, 0.4) is 0 Å². The molecule has 112 valence electrons. The summed E-state index contributed by atoms with van der Waals surface area (Å²) in [6, 6.07) is 2.09. The summed E-state index contributed by atoms with van der Waals surface area (Å²) in [5.74, 6) is -0.226. The van der Waals surface area contributed by atoms with Crippen LogP contribution in [-0.2, 0) is 11.3 Å². The van der Waals surface area contributed by atoms with Crippen LogP contribution in [0, 0.1) is 0 Å². The monoisotopic (exact) mass is 321 g/mol. The maximum absolute atomic E-state index is 11.8. The summed E-state index contributed by atoms with van der Waals surface area (Å²) < 4.78 is 0. The number of rotatable bonds is 4. The first kappa shape index (κ1) is 14.7. The van der Waals surface area contributed by atoms with E-state index in [4.69, 9.17) is 10.7 Å². The van der Waals surface area contributed by atoms with Gasteiger partial charge in [0.2, 0.25) is 5.91 Å². The molecule has 2 N–H and O–H groups in total. The van der Waals surface area contributed by atoms with Crippen molar-refractivity contribution in [3.63, 3.8) is 0 Å². The van der Waals surface area contributed by atoms with E-state index in [0.717, 1.165) is 36.5 Å². The van der Waals surface area contributed by atoms with Crippen LogP contribution < -0.4 is 5.73 Å². The minimum Gasteiger partial charge on any atom is -0.368 e. The summed E-state index contributed by atoms with van der Waals surface area (Å²) >= 11 is 3.34. The number of aromatic nitrogens is 1. The Morgan fingerprint density at radius 2 is 2.33 bits per heavy atom. The van der Waals surface area contributed by atoms with Gasteiger partial charge in [-0.25, -0.2) is 4.98 Å². The fourth-order valence-corrected chi connectivity index (χ4v) is 4.33. The molecule has 21 heavy (non-hydrogen) atoms. The van der Waals surface area contributed by atoms with Gasteiger partial charge in [-0.3, -0.25) is 9.69 Å². The first-order valence-electron chi connectivity index (χ1n) is 7.11. The maximum atomic E-state index is 11.8. The topological polar surface area (TPSA) is 59.2 Å². The number of nitrogens with zero attached hydrogens (tertiary/aromatic N) is 2. The van der Waals surface area contributed by atoms with Gasteiger partial charge in [-0.1, -0.05) is 0 Å². The van der Waals surface area contributed by atoms with E-state index in [0.29, 0.717) is 6.54 Å². The molecule has 1 amide bonds. The van der Waals surface area contributed by atoms with Gasteiger partial charge in [-0.15, -0.1) is 11.3 Å². The summed E-state index contributed by atoms with van der Waals surface area (Å²) in [4.78, 5) is 18.7. The summed E-state index contributed by atoms with van der Waals surface area (Å²) in [5, 5.41) is 7.30. The Hall–Kier alpha value is -1.24. The highest BCUT2D eigenvalue weighted by Crippen LogP contribution is 2.31. The smallest absolute Gasteiger partial charge is 0.237 e. The Kier molecular flexibility index (Phi) is 4.10. The average molecular weight is 321 g/mol. The van der Waals surface area contributed by atoms with E-state index in [1.54, 1.807) is 22.7 Å². The Balaban J connectivity index is 1.78. The molecule has 3 heterocycles. The van der Waals surface area contributed by atoms with E-state index in [1.807, 2.05) is 6.92 Å². The molecule has 0 saturated carbocycles. The molecule has 2 aromatic heterocycles. The Morgan fingerprint density at radius 3 is 3.05 bits per heavy atom. The van der Waals surface area contributed by atoms with Gasteiger partial charge in [-0.2, -0.15) is 11.3 Å². The molecule has 4 nitrogen and oxygen atoms in total. The standard InChI is InChI=1S/C15H19N3OS2/c1-15(14(16)19)5-2-3-6-18(15)8-12-10-21-13(17-12)11-4-7-20-9-11/h4,7,9-10H,2-3,5-6,8H2,1H3,(H2,16,19). The van der Waals surface area contributed by atoms with E-state index in [2.05, 4.69) is 27.1 Å². The number of amides is 1. The predicted octanol–water partition coefficient (Wildman–Crippen LogP) is 3.10. The minimum absolute atomic E-state index is 0.226. The summed E-state index contributed by atoms with van der Waals surface area (Å²) in [7, 11) is 0. The van der Waals surface area contributed by atoms with Crippen molar-refractivity contribution in [1.82, 2.24) is 9.88 Å². The zero-order chi connectivity index (χ0) is 14.9. The molecule has 0 bridgehead atoms. The van der Waals surface area contributed by atoms with Gasteiger partial charge in [-0.05, 0) is 44.2 Å². The van der Waals surface area contributed by atoms with Gasteiger partial charge >= 0.3 is 0 Å². The highest BCUT2D eigenvalue weighted by molar-refractivity contribution is 7.14. The van der Waals surface area contributed by atoms with Gasteiger partial charge in [0.05, 0.1) is 11.2 Å². The zero-order valence-electron chi connectivity index (χ0n) is 12.0. The fourth-order valence-electron chi connectivity index (χ4n) is 2.80. The molecule has 0 aromatic carbocycles. The lowest BCUT2D eigenvalue weighted by atomic mass is 9.87. The highest BCUT2D eigenvalue weighted by atomic mass is 32.1. The number of likely N-dealkylation sites (tertiary alicyclic amines) is 1. The van der Waals surface area contributed by atoms with Gasteiger partial charge < -0.3 is 5.73 Å². The van der Waals surface area contributed by atoms with Crippen LogP contribution in [0.5, 0.6) is 0 Å². The summed E-state index contributed by atoms with van der Waals surface area (Å²) in [5.41, 5.74) is 7.29. The van der Waals surface area contributed by atoms with E-state index < -0.39 is 5.54 Å². The van der Waals surface area contributed by atoms with E-state index in [-0.39, 0.29) is 5.91 Å². The Bertz CT molecular complexity index is 623. The molecule has 1 unspecified atom stereocenters. The number of thiophene rings is 1. The zero-order valence-corrected chi connectivity index (χ0v) is 13.7. The van der Waals surface area contributed by atoms with Gasteiger partial charge in [0.25, 0.3) is 0 Å². The molecule has 0 spiro atoms. The number of hydrogen-bond acceptors (Lipinski definition) is 5. The molecule has 1 saturated heterocycles. The molecule has 6 heteroatoms. The summed E-state index contributed by atoms with van der Waals surface area (Å²) in [6.07, 6.45) is 3.02. The lowest BCUT2D eigenvalue weighted by molar-refractivity contribution is -0.132. The van der Waals surface area contributed by atoms with Crippen LogP contribution in [0.4, 0.5) is 0 Å². The number of piperidine rings is 1. The molecular weight excluding hydrogens is 302 g/mol. The normalized spacial score (nSPS) is 23.3. The van der Waals surface area contributed by atoms with Crippen molar-refractivity contribution in [1.29, 1.82) is 0 Å². The summed E-state index contributed by atoms with van der Waals surface area (Å²) in [6.45, 7) is 3.56. The average Bonchev–Trinajstić information content (AvgIpc) is 3.12. The third-order valence-corrected chi connectivity index (χ3v) is 5.87. The van der Waals surface area contributed by atoms with Crippen LogP contribution in [0.1, 0.15) is 31.9 Å². The molecule has 0 radical (unpaired) electrons. The van der Waals surface area contributed by atoms with Gasteiger partial charge in [0.15, 0.2) is 0 Å². The lowest BCUT2D eigenvalue weighted by Crippen LogP contribution is -2.57. The molecule has 1 fully saturated rings. The third-order valence-electron chi connectivity index (χ3n) is 4.24. The quantitative estimate of drug-likeness (QED) is 0.941. The Labute approximate surface area is 132 Å². The third kappa shape index (κ3) is 2.88. The SMILES string of the molecule is CC1(C(N)=O)CCCCN1Cc1csc(-c2ccsc2)n1. The second kappa shape index (κ2) is 5.87. The number of primary amides is 1. The Morgan fingerprint density at radius 1 is 1.48 bits per heavy atom. The van der Waals surface area contributed by atoms with Crippen molar-refractivity contribution in [2.45, 2.75) is 38.3 Å². The maximum Gasteiger partial charge on any atom is 0.237 e. The van der Waals surface area contributed by atoms with Crippen molar-refractivity contribution in [2.24, 2.45) is 5.73 Å². The van der Waals surface area contributed by atoms with Gasteiger partial charge in [0.1, 0.15) is 5.01 Å². The minimum atomic E-state index is -0.537. The van der Waals surface area contributed by atoms with Crippen molar-refractivity contribution < 1.29 is 4.79 Å². The second-order valence-electron chi connectivity index (χ2n) is 5.67. The highest BCUT2D eigenvalue weighted by Gasteiger charge is 2.39. The molecule has 3 rings (SSSR count). The van der Waals surface area contributed by atoms with E-state index in [9.17, 15) is 4.79 Å². The van der Waals surface area contributed by atoms with Crippen LogP contribution >= 0.6 is 22.7 Å². The largest absolute Gasteiger partial charge is 0.368 e. The van der Waals surface area contributed by atoms with Crippen molar-refractivity contribution in [2.75, 3.05) is 6.54 Å². The fraction of sp³-hybridized carbons (Fsp3) is 0.467. The van der Waals surface area contributed by atoms with Crippen LogP contribution in [0.25, 0.3) is 10.6 Å². The number of nitrogens with two attached hydrogens (primary N) is 1. The number of carbonyl (C=O) groups excluding carboxylic acids is 1. The van der Waals surface area contributed by atoms with Crippen LogP contribution in [-0.4, -0.2) is 27.9 Å². The van der Waals surface area contributed by atoms with Gasteiger partial charge in [0, 0.05) is 22.9 Å². The molecule has 1 aliphatic rings. The van der Waals surface area contributed by atoms with Crippen molar-refractivity contribution >= 4 is 28.6 Å². The molecule has 1 atom stereocenters. The van der Waals surface area contributed by atoms with E-state index in [1.165, 1.54) is 5.56 Å². The predicted molar refractivity (Wildman–Crippen MR) is 87.3 cm³/mol. The molecule has 2 aromatic rings. The molecule has 0 aliphatic carbocycles. The van der Waals surface area contributed by atoms with E-state index >= 15 is 0 Å². The number of thiazole rings is 1. The molecule has 1 aliphatic heterocycles. The first-order chi connectivity index (χ1) is 10.1. The number of carbonyl (C=O) groups is 1. The van der Waals surface area contributed by atoms with Crippen LogP contribution in [0.15, 0.2) is 22.2 Å². The van der Waals surface area contributed by atoms with Crippen molar-refractivity contribution in [3.8, 4) is 10.6 Å². The second-order valence-corrected chi connectivity index (χ2v) is 7.31. The van der Waals surface area contributed by atoms with Crippen LogP contribution in [0.2, 0.25) is 0 Å². The van der Waals surface area contributed by atoms with Crippen molar-refractivity contribution in [3.05, 3.63) is 27.9 Å². The molecular formula is C15H19N3OS2. The first-order valence-corrected chi connectivity index (χ1v) is 8.94.